The van der Waals surface area contributed by atoms with Crippen molar-refractivity contribution in [3.63, 3.8) is 0 Å². The molecule has 0 spiro atoms. The Balaban J connectivity index is 1.16. The molecule has 284 valence electrons. The molecule has 0 aliphatic heterocycles. The van der Waals surface area contributed by atoms with Crippen molar-refractivity contribution in [1.29, 1.82) is 0 Å². The summed E-state index contributed by atoms with van der Waals surface area (Å²) in [5.41, 5.74) is 16.0. The number of aromatic nitrogens is 3. The van der Waals surface area contributed by atoms with Gasteiger partial charge in [0.25, 0.3) is 0 Å². The van der Waals surface area contributed by atoms with Crippen LogP contribution in [0.3, 0.4) is 0 Å². The van der Waals surface area contributed by atoms with Crippen molar-refractivity contribution in [2.75, 3.05) is 0 Å². The predicted octanol–water partition coefficient (Wildman–Crippen LogP) is 14.5. The van der Waals surface area contributed by atoms with Gasteiger partial charge in [0.2, 0.25) is 0 Å². The summed E-state index contributed by atoms with van der Waals surface area (Å²) in [5.74, 6) is 0.889. The number of benzene rings is 9. The largest absolute Gasteiger partial charge is 0.309 e. The molecule has 3 heteroatoms. The van der Waals surface area contributed by atoms with Crippen LogP contribution in [0.25, 0.3) is 88.3 Å². The zero-order valence-corrected chi connectivity index (χ0v) is 33.2. The van der Waals surface area contributed by atoms with Gasteiger partial charge < -0.3 is 4.57 Å². The minimum absolute atomic E-state index is 0.531. The third kappa shape index (κ3) is 4.77. The summed E-state index contributed by atoms with van der Waals surface area (Å²) in [4.78, 5) is 5.76. The van der Waals surface area contributed by atoms with E-state index in [4.69, 9.17) is 4.98 Å². The van der Waals surface area contributed by atoms with Gasteiger partial charge in [0.05, 0.1) is 33.0 Å². The van der Waals surface area contributed by atoms with Crippen molar-refractivity contribution in [2.24, 2.45) is 0 Å². The molecule has 3 nitrogen and oxygen atoms in total. The van der Waals surface area contributed by atoms with E-state index < -0.39 is 5.41 Å². The van der Waals surface area contributed by atoms with Crippen LogP contribution < -0.4 is 0 Å². The molecular weight excluding hydrogens is 739 g/mol. The van der Waals surface area contributed by atoms with Gasteiger partial charge in [-0.1, -0.05) is 170 Å². The highest BCUT2D eigenvalue weighted by atomic mass is 15.1. The van der Waals surface area contributed by atoms with E-state index in [0.29, 0.717) is 0 Å². The lowest BCUT2D eigenvalue weighted by molar-refractivity contribution is 0.769. The van der Waals surface area contributed by atoms with Crippen molar-refractivity contribution >= 4 is 54.5 Å². The Morgan fingerprint density at radius 2 is 0.869 bits per heavy atom. The Kier molecular flexibility index (Phi) is 7.22. The zero-order chi connectivity index (χ0) is 40.1. The first-order chi connectivity index (χ1) is 30.3. The molecule has 9 aromatic carbocycles. The van der Waals surface area contributed by atoms with Crippen molar-refractivity contribution in [3.05, 3.63) is 247 Å². The molecular formula is C58H37N3. The Bertz CT molecular complexity index is 3640. The number of nitrogens with zero attached hydrogens (tertiary/aromatic N) is 3. The number of para-hydroxylation sites is 3. The second kappa shape index (κ2) is 13.0. The number of pyridine rings is 1. The van der Waals surface area contributed by atoms with E-state index in [1.54, 1.807) is 0 Å². The fraction of sp³-hybridized carbons (Fsp3) is 0.0172. The molecule has 0 fully saturated rings. The van der Waals surface area contributed by atoms with E-state index in [1.807, 2.05) is 0 Å². The number of hydrogen-bond donors (Lipinski definition) is 0. The summed E-state index contributed by atoms with van der Waals surface area (Å²) in [5, 5.41) is 6.02. The molecule has 1 aliphatic carbocycles. The highest BCUT2D eigenvalue weighted by Gasteiger charge is 2.46. The summed E-state index contributed by atoms with van der Waals surface area (Å²) >= 11 is 0. The topological polar surface area (TPSA) is 22.8 Å². The van der Waals surface area contributed by atoms with E-state index in [9.17, 15) is 0 Å². The lowest BCUT2D eigenvalue weighted by Crippen LogP contribution is -2.28. The molecule has 0 amide bonds. The molecule has 0 atom stereocenters. The molecule has 1 aliphatic rings. The third-order valence-electron chi connectivity index (χ3n) is 13.2. The second-order valence-electron chi connectivity index (χ2n) is 16.3. The summed E-state index contributed by atoms with van der Waals surface area (Å²) in [6.45, 7) is 0. The standard InChI is InChI=1S/C58H37N3/c1-5-19-38(20-6-1)45-35-57(59-52-36-51-46(33-47(45)52)42-27-13-16-30-50(42)58(51,39-21-7-2-8-22-39)40-23-9-3-10-24-40)61-54-32-18-15-29-44(54)49-34-48-43-28-14-17-31-53(43)60(55(48)37-56(49)61)41-25-11-4-12-26-41/h1-37H. The van der Waals surface area contributed by atoms with Crippen LogP contribution in [0.1, 0.15) is 22.3 Å². The van der Waals surface area contributed by atoms with Gasteiger partial charge in [0.15, 0.2) is 0 Å². The van der Waals surface area contributed by atoms with E-state index in [2.05, 4.69) is 234 Å². The van der Waals surface area contributed by atoms with Crippen LogP contribution in [0.4, 0.5) is 0 Å². The van der Waals surface area contributed by atoms with Gasteiger partial charge in [-0.3, -0.25) is 4.57 Å². The first-order valence-corrected chi connectivity index (χ1v) is 21.1. The van der Waals surface area contributed by atoms with Gasteiger partial charge >= 0.3 is 0 Å². The average molecular weight is 776 g/mol. The fourth-order valence-corrected chi connectivity index (χ4v) is 10.7. The van der Waals surface area contributed by atoms with Gasteiger partial charge in [-0.05, 0) is 99.1 Å². The molecule has 12 aromatic rings. The molecule has 0 bridgehead atoms. The SMILES string of the molecule is c1ccc(-c2cc(-n3c4ccccc4c4cc5c6ccccc6n(-c6ccccc6)c5cc43)nc3cc4c(cc23)-c2ccccc2C4(c2ccccc2)c2ccccc2)cc1. The minimum Gasteiger partial charge on any atom is -0.309 e. The van der Waals surface area contributed by atoms with Gasteiger partial charge in [0.1, 0.15) is 5.82 Å². The van der Waals surface area contributed by atoms with Crippen molar-refractivity contribution in [2.45, 2.75) is 5.41 Å². The monoisotopic (exact) mass is 775 g/mol. The van der Waals surface area contributed by atoms with Crippen LogP contribution in [-0.2, 0) is 5.41 Å². The molecule has 0 saturated heterocycles. The summed E-state index contributed by atoms with van der Waals surface area (Å²) in [7, 11) is 0. The quantitative estimate of drug-likeness (QED) is 0.171. The number of rotatable bonds is 5. The predicted molar refractivity (Wildman–Crippen MR) is 253 cm³/mol. The molecule has 3 aromatic heterocycles. The molecule has 0 unspecified atom stereocenters. The molecule has 0 N–H and O–H groups in total. The summed E-state index contributed by atoms with van der Waals surface area (Å²) < 4.78 is 4.80. The highest BCUT2D eigenvalue weighted by molar-refractivity contribution is 6.19. The van der Waals surface area contributed by atoms with Gasteiger partial charge in [-0.2, -0.15) is 0 Å². The van der Waals surface area contributed by atoms with Crippen LogP contribution in [0.15, 0.2) is 224 Å². The maximum absolute atomic E-state index is 5.76. The molecule has 13 rings (SSSR count). The third-order valence-corrected chi connectivity index (χ3v) is 13.2. The second-order valence-corrected chi connectivity index (χ2v) is 16.3. The maximum Gasteiger partial charge on any atom is 0.138 e. The highest BCUT2D eigenvalue weighted by Crippen LogP contribution is 2.57. The normalized spacial score (nSPS) is 13.0. The van der Waals surface area contributed by atoms with Crippen molar-refractivity contribution in [1.82, 2.24) is 14.1 Å². The Morgan fingerprint density at radius 1 is 0.328 bits per heavy atom. The summed E-state index contributed by atoms with van der Waals surface area (Å²) in [6.07, 6.45) is 0. The zero-order valence-electron chi connectivity index (χ0n) is 33.2. The fourth-order valence-electron chi connectivity index (χ4n) is 10.7. The smallest absolute Gasteiger partial charge is 0.138 e. The van der Waals surface area contributed by atoms with Crippen molar-refractivity contribution in [3.8, 4) is 33.8 Å². The van der Waals surface area contributed by atoms with Crippen molar-refractivity contribution < 1.29 is 0 Å². The summed E-state index contributed by atoms with van der Waals surface area (Å²) in [6, 6.07) is 82.1. The first-order valence-electron chi connectivity index (χ1n) is 21.1. The Hall–Kier alpha value is -8.01. The Morgan fingerprint density at radius 3 is 1.54 bits per heavy atom. The Labute approximate surface area is 353 Å². The molecule has 0 radical (unpaired) electrons. The van der Waals surface area contributed by atoms with E-state index in [-0.39, 0.29) is 0 Å². The first kappa shape index (κ1) is 33.9. The van der Waals surface area contributed by atoms with Gasteiger partial charge in [-0.15, -0.1) is 0 Å². The molecule has 61 heavy (non-hydrogen) atoms. The average Bonchev–Trinajstić information content (AvgIpc) is 3.94. The van der Waals surface area contributed by atoms with Crippen LogP contribution in [-0.4, -0.2) is 14.1 Å². The van der Waals surface area contributed by atoms with Crippen LogP contribution >= 0.6 is 0 Å². The van der Waals surface area contributed by atoms with Crippen LogP contribution in [0, 0.1) is 0 Å². The van der Waals surface area contributed by atoms with E-state index in [0.717, 1.165) is 44.6 Å². The van der Waals surface area contributed by atoms with E-state index in [1.165, 1.54) is 66.0 Å². The van der Waals surface area contributed by atoms with Crippen LogP contribution in [0.2, 0.25) is 0 Å². The van der Waals surface area contributed by atoms with Crippen LogP contribution in [0.5, 0.6) is 0 Å². The molecule has 0 saturated carbocycles. The lowest BCUT2D eigenvalue weighted by Gasteiger charge is -2.34. The maximum atomic E-state index is 5.76. The van der Waals surface area contributed by atoms with Gasteiger partial charge in [0, 0.05) is 32.6 Å². The van der Waals surface area contributed by atoms with E-state index >= 15 is 0 Å². The van der Waals surface area contributed by atoms with Gasteiger partial charge in [-0.25, -0.2) is 4.98 Å². The molecule has 3 heterocycles. The lowest BCUT2D eigenvalue weighted by atomic mass is 9.67. The minimum atomic E-state index is -0.531. The number of hydrogen-bond acceptors (Lipinski definition) is 1. The number of fused-ring (bicyclic) bond motifs is 10.